The molecule has 1 unspecified atom stereocenters. The van der Waals surface area contributed by atoms with Crippen LogP contribution in [-0.4, -0.2) is 48.7 Å². The normalized spacial score (nSPS) is 16.6. The van der Waals surface area contributed by atoms with Gasteiger partial charge in [-0.1, -0.05) is 11.6 Å². The molecular formula is C16H23BClNO6. The highest BCUT2D eigenvalue weighted by Gasteiger charge is 2.37. The van der Waals surface area contributed by atoms with Gasteiger partial charge in [-0.05, 0) is 43.9 Å². The Morgan fingerprint density at radius 2 is 2.16 bits per heavy atom. The summed E-state index contributed by atoms with van der Waals surface area (Å²) in [7, 11) is -1.15. The van der Waals surface area contributed by atoms with E-state index >= 15 is 0 Å². The minimum absolute atomic E-state index is 0.0306. The Kier molecular flexibility index (Phi) is 6.56. The van der Waals surface area contributed by atoms with Crippen molar-refractivity contribution in [2.24, 2.45) is 0 Å². The summed E-state index contributed by atoms with van der Waals surface area (Å²) in [5.74, 6) is 0.487. The van der Waals surface area contributed by atoms with Gasteiger partial charge in [0.15, 0.2) is 0 Å². The molecule has 1 heterocycles. The highest BCUT2D eigenvalue weighted by atomic mass is 35.5. The van der Waals surface area contributed by atoms with Crippen molar-refractivity contribution in [1.29, 1.82) is 0 Å². The molecule has 7 nitrogen and oxygen atoms in total. The Hall–Kier alpha value is -1.48. The van der Waals surface area contributed by atoms with Crippen molar-refractivity contribution in [3.05, 3.63) is 22.7 Å². The summed E-state index contributed by atoms with van der Waals surface area (Å²) < 4.78 is 16.1. The molecule has 0 spiro atoms. The molecule has 1 atom stereocenters. The number of amides is 1. The van der Waals surface area contributed by atoms with Crippen LogP contribution in [-0.2, 0) is 9.39 Å². The lowest BCUT2D eigenvalue weighted by molar-refractivity contribution is 0.0498. The first-order chi connectivity index (χ1) is 11.7. The summed E-state index contributed by atoms with van der Waals surface area (Å²) in [5, 5.41) is 21.9. The Morgan fingerprint density at radius 1 is 1.44 bits per heavy atom. The zero-order valence-corrected chi connectivity index (χ0v) is 15.3. The zero-order valence-electron chi connectivity index (χ0n) is 14.5. The van der Waals surface area contributed by atoms with Crippen LogP contribution in [0.2, 0.25) is 5.02 Å². The molecule has 1 aromatic carbocycles. The Bertz CT molecular complexity index is 621. The number of carbonyl (C=O) groups excluding carboxylic acids is 1. The van der Waals surface area contributed by atoms with E-state index in [4.69, 9.17) is 30.8 Å². The smallest absolute Gasteiger partial charge is 0.492 e. The van der Waals surface area contributed by atoms with Crippen molar-refractivity contribution >= 4 is 30.3 Å². The fourth-order valence-electron chi connectivity index (χ4n) is 2.43. The van der Waals surface area contributed by atoms with Crippen molar-refractivity contribution in [3.8, 4) is 5.75 Å². The second kappa shape index (κ2) is 8.27. The van der Waals surface area contributed by atoms with Crippen molar-refractivity contribution in [3.63, 3.8) is 0 Å². The minimum atomic E-state index is -1.15. The maximum absolute atomic E-state index is 11.8. The molecule has 0 fully saturated rings. The molecule has 3 N–H and O–H groups in total. The van der Waals surface area contributed by atoms with Crippen LogP contribution in [0.4, 0.5) is 4.79 Å². The Labute approximate surface area is 152 Å². The lowest BCUT2D eigenvalue weighted by Gasteiger charge is -2.21. The van der Waals surface area contributed by atoms with Crippen molar-refractivity contribution in [1.82, 2.24) is 5.32 Å². The molecule has 138 valence electrons. The molecule has 1 aromatic rings. The Balaban J connectivity index is 2.05. The standard InChI is InChI=1S/C16H23BClNO6/c1-16(2,3)24-15(21)19-9-13-14-11(17(22)25-13)7-10(8-12(14)18)23-6-4-5-20/h7-8,13,20,22H,4-6,9H2,1-3H3,(H,19,21). The van der Waals surface area contributed by atoms with E-state index in [1.807, 2.05) is 0 Å². The summed E-state index contributed by atoms with van der Waals surface area (Å²) in [6.45, 7) is 5.80. The van der Waals surface area contributed by atoms with E-state index in [0.29, 0.717) is 34.8 Å². The van der Waals surface area contributed by atoms with Gasteiger partial charge in [0, 0.05) is 24.6 Å². The van der Waals surface area contributed by atoms with Gasteiger partial charge < -0.3 is 29.6 Å². The highest BCUT2D eigenvalue weighted by Crippen LogP contribution is 2.32. The predicted molar refractivity (Wildman–Crippen MR) is 94.3 cm³/mol. The van der Waals surface area contributed by atoms with Gasteiger partial charge in [0.25, 0.3) is 0 Å². The molecule has 2 rings (SSSR count). The van der Waals surface area contributed by atoms with Crippen LogP contribution in [0.3, 0.4) is 0 Å². The van der Waals surface area contributed by atoms with Gasteiger partial charge in [0.05, 0.1) is 12.7 Å². The quantitative estimate of drug-likeness (QED) is 0.516. The van der Waals surface area contributed by atoms with Crippen molar-refractivity contribution in [2.75, 3.05) is 19.8 Å². The summed E-state index contributed by atoms with van der Waals surface area (Å²) in [6.07, 6.45) is -0.661. The monoisotopic (exact) mass is 371 g/mol. The number of hydrogen-bond acceptors (Lipinski definition) is 6. The first-order valence-corrected chi connectivity index (χ1v) is 8.46. The molecule has 1 aliphatic heterocycles. The first-order valence-electron chi connectivity index (χ1n) is 8.08. The summed E-state index contributed by atoms with van der Waals surface area (Å²) in [4.78, 5) is 11.8. The van der Waals surface area contributed by atoms with Crippen LogP contribution < -0.4 is 15.5 Å². The van der Waals surface area contributed by atoms with E-state index in [1.165, 1.54) is 0 Å². The van der Waals surface area contributed by atoms with Gasteiger partial charge in [0.1, 0.15) is 11.4 Å². The van der Waals surface area contributed by atoms with E-state index in [0.717, 1.165) is 0 Å². The average Bonchev–Trinajstić information content (AvgIpc) is 2.81. The SMILES string of the molecule is CC(C)(C)OC(=O)NCC1OB(O)c2cc(OCCCO)cc(Cl)c21. The number of aliphatic hydroxyl groups excluding tert-OH is 1. The largest absolute Gasteiger partial charge is 0.493 e. The number of ether oxygens (including phenoxy) is 2. The highest BCUT2D eigenvalue weighted by molar-refractivity contribution is 6.62. The molecule has 0 aromatic heterocycles. The van der Waals surface area contributed by atoms with Gasteiger partial charge in [-0.25, -0.2) is 4.79 Å². The number of rotatable bonds is 6. The number of halogens is 1. The molecule has 0 aliphatic carbocycles. The third-order valence-electron chi connectivity index (χ3n) is 3.42. The number of benzene rings is 1. The Morgan fingerprint density at radius 3 is 2.80 bits per heavy atom. The molecule has 1 aliphatic rings. The summed E-state index contributed by atoms with van der Waals surface area (Å²) in [6, 6.07) is 3.27. The number of fused-ring (bicyclic) bond motifs is 1. The average molecular weight is 372 g/mol. The van der Waals surface area contributed by atoms with Crippen LogP contribution in [0.15, 0.2) is 12.1 Å². The molecule has 0 radical (unpaired) electrons. The van der Waals surface area contributed by atoms with E-state index in [-0.39, 0.29) is 13.2 Å². The van der Waals surface area contributed by atoms with E-state index in [9.17, 15) is 9.82 Å². The third kappa shape index (κ3) is 5.50. The van der Waals surface area contributed by atoms with Gasteiger partial charge in [-0.3, -0.25) is 0 Å². The zero-order chi connectivity index (χ0) is 18.6. The molecule has 25 heavy (non-hydrogen) atoms. The van der Waals surface area contributed by atoms with Gasteiger partial charge in [0.2, 0.25) is 0 Å². The molecule has 1 amide bonds. The molecule has 0 bridgehead atoms. The van der Waals surface area contributed by atoms with E-state index in [1.54, 1.807) is 32.9 Å². The fourth-order valence-corrected chi connectivity index (χ4v) is 2.77. The van der Waals surface area contributed by atoms with Crippen LogP contribution >= 0.6 is 11.6 Å². The maximum Gasteiger partial charge on any atom is 0.492 e. The lowest BCUT2D eigenvalue weighted by Crippen LogP contribution is -2.35. The maximum atomic E-state index is 11.8. The van der Waals surface area contributed by atoms with Crippen molar-refractivity contribution < 1.29 is 29.1 Å². The number of hydrogen-bond donors (Lipinski definition) is 3. The lowest BCUT2D eigenvalue weighted by atomic mass is 9.79. The minimum Gasteiger partial charge on any atom is -0.493 e. The van der Waals surface area contributed by atoms with E-state index < -0.39 is 24.9 Å². The number of aliphatic hydroxyl groups is 1. The molecule has 0 saturated carbocycles. The van der Waals surface area contributed by atoms with Crippen molar-refractivity contribution in [2.45, 2.75) is 38.9 Å². The van der Waals surface area contributed by atoms with E-state index in [2.05, 4.69) is 5.32 Å². The summed E-state index contributed by atoms with van der Waals surface area (Å²) >= 11 is 6.30. The topological polar surface area (TPSA) is 97.3 Å². The van der Waals surface area contributed by atoms with Gasteiger partial charge >= 0.3 is 13.2 Å². The van der Waals surface area contributed by atoms with Gasteiger partial charge in [-0.2, -0.15) is 0 Å². The van der Waals surface area contributed by atoms with Crippen LogP contribution in [0.25, 0.3) is 0 Å². The summed E-state index contributed by atoms with van der Waals surface area (Å²) in [5.41, 5.74) is 0.512. The number of alkyl carbamates (subject to hydrolysis) is 1. The third-order valence-corrected chi connectivity index (χ3v) is 3.73. The predicted octanol–water partition coefficient (Wildman–Crippen LogP) is 1.38. The fraction of sp³-hybridized carbons (Fsp3) is 0.562. The molecular weight excluding hydrogens is 348 g/mol. The second-order valence-electron chi connectivity index (χ2n) is 6.69. The van der Waals surface area contributed by atoms with Crippen LogP contribution in [0, 0.1) is 0 Å². The van der Waals surface area contributed by atoms with Crippen LogP contribution in [0.5, 0.6) is 5.75 Å². The number of carbonyl (C=O) groups is 1. The molecule has 9 heteroatoms. The van der Waals surface area contributed by atoms with Gasteiger partial charge in [-0.15, -0.1) is 0 Å². The number of nitrogens with one attached hydrogen (secondary N) is 1. The van der Waals surface area contributed by atoms with Crippen LogP contribution in [0.1, 0.15) is 38.9 Å². The first kappa shape index (κ1) is 19.8. The second-order valence-corrected chi connectivity index (χ2v) is 7.10. The molecule has 0 saturated heterocycles.